The standard InChI is InChI=1S/C11H13ClN2O2S/c12-8-1-4-13-10(7-8)11(15)14-9-2-5-17(16)6-3-9/h1,4,7,9H,2-3,5-6H2,(H,14,15). The number of hydrogen-bond donors (Lipinski definition) is 1. The zero-order valence-electron chi connectivity index (χ0n) is 9.19. The molecule has 6 heteroatoms. The molecule has 92 valence electrons. The van der Waals surface area contributed by atoms with Gasteiger partial charge in [0.1, 0.15) is 5.69 Å². The quantitative estimate of drug-likeness (QED) is 0.885. The Bertz CT molecular complexity index is 443. The highest BCUT2D eigenvalue weighted by Gasteiger charge is 2.20. The van der Waals surface area contributed by atoms with Gasteiger partial charge in [0.2, 0.25) is 0 Å². The van der Waals surface area contributed by atoms with Crippen molar-refractivity contribution in [3.05, 3.63) is 29.0 Å². The lowest BCUT2D eigenvalue weighted by Crippen LogP contribution is -2.39. The van der Waals surface area contributed by atoms with Crippen molar-refractivity contribution in [3.63, 3.8) is 0 Å². The van der Waals surface area contributed by atoms with E-state index in [2.05, 4.69) is 10.3 Å². The zero-order valence-corrected chi connectivity index (χ0v) is 10.8. The fourth-order valence-electron chi connectivity index (χ4n) is 1.73. The molecule has 0 radical (unpaired) electrons. The molecule has 1 aliphatic heterocycles. The molecule has 0 saturated carbocycles. The van der Waals surface area contributed by atoms with E-state index < -0.39 is 10.8 Å². The Morgan fingerprint density at radius 2 is 2.18 bits per heavy atom. The van der Waals surface area contributed by atoms with Crippen LogP contribution in [0.1, 0.15) is 23.3 Å². The summed E-state index contributed by atoms with van der Waals surface area (Å²) in [6.07, 6.45) is 3.03. The number of amides is 1. The fourth-order valence-corrected chi connectivity index (χ4v) is 3.19. The molecule has 0 unspecified atom stereocenters. The van der Waals surface area contributed by atoms with Crippen LogP contribution in [0.4, 0.5) is 0 Å². The Morgan fingerprint density at radius 1 is 1.47 bits per heavy atom. The topological polar surface area (TPSA) is 59.1 Å². The third-order valence-electron chi connectivity index (χ3n) is 2.68. The van der Waals surface area contributed by atoms with Crippen molar-refractivity contribution in [1.29, 1.82) is 0 Å². The van der Waals surface area contributed by atoms with Gasteiger partial charge in [-0.05, 0) is 25.0 Å². The Labute approximate surface area is 107 Å². The van der Waals surface area contributed by atoms with E-state index in [0.717, 1.165) is 12.8 Å². The highest BCUT2D eigenvalue weighted by Crippen LogP contribution is 2.11. The molecule has 1 amide bonds. The minimum absolute atomic E-state index is 0.0981. The van der Waals surface area contributed by atoms with E-state index in [-0.39, 0.29) is 11.9 Å². The molecule has 0 spiro atoms. The first-order chi connectivity index (χ1) is 8.15. The van der Waals surface area contributed by atoms with Crippen LogP contribution in [0.3, 0.4) is 0 Å². The van der Waals surface area contributed by atoms with Crippen LogP contribution in [0.5, 0.6) is 0 Å². The van der Waals surface area contributed by atoms with E-state index in [1.165, 1.54) is 12.3 Å². The Kier molecular flexibility index (Phi) is 4.12. The predicted octanol–water partition coefficient (Wildman–Crippen LogP) is 1.38. The smallest absolute Gasteiger partial charge is 0.270 e. The van der Waals surface area contributed by atoms with Gasteiger partial charge in [-0.15, -0.1) is 0 Å². The Balaban J connectivity index is 1.95. The van der Waals surface area contributed by atoms with E-state index in [0.29, 0.717) is 22.2 Å². The van der Waals surface area contributed by atoms with Crippen LogP contribution in [0.15, 0.2) is 18.3 Å². The largest absolute Gasteiger partial charge is 0.348 e. The summed E-state index contributed by atoms with van der Waals surface area (Å²) < 4.78 is 11.2. The highest BCUT2D eigenvalue weighted by atomic mass is 35.5. The number of carbonyl (C=O) groups excluding carboxylic acids is 1. The van der Waals surface area contributed by atoms with Crippen LogP contribution in [-0.2, 0) is 10.8 Å². The maximum absolute atomic E-state index is 11.8. The summed E-state index contributed by atoms with van der Waals surface area (Å²) in [6.45, 7) is 0. The van der Waals surface area contributed by atoms with Crippen LogP contribution >= 0.6 is 11.6 Å². The van der Waals surface area contributed by atoms with Gasteiger partial charge in [-0.2, -0.15) is 0 Å². The molecule has 1 saturated heterocycles. The molecule has 1 aliphatic rings. The summed E-state index contributed by atoms with van der Waals surface area (Å²) in [5, 5.41) is 3.38. The molecule has 0 atom stereocenters. The molecule has 1 N–H and O–H groups in total. The average molecular weight is 273 g/mol. The van der Waals surface area contributed by atoms with E-state index in [1.54, 1.807) is 6.07 Å². The maximum Gasteiger partial charge on any atom is 0.270 e. The van der Waals surface area contributed by atoms with Gasteiger partial charge in [-0.3, -0.25) is 14.0 Å². The first-order valence-corrected chi connectivity index (χ1v) is 7.29. The van der Waals surface area contributed by atoms with Crippen molar-refractivity contribution in [2.75, 3.05) is 11.5 Å². The van der Waals surface area contributed by atoms with Crippen molar-refractivity contribution < 1.29 is 9.00 Å². The van der Waals surface area contributed by atoms with Crippen LogP contribution in [0.25, 0.3) is 0 Å². The van der Waals surface area contributed by atoms with Crippen molar-refractivity contribution in [2.45, 2.75) is 18.9 Å². The predicted molar refractivity (Wildman–Crippen MR) is 67.6 cm³/mol. The minimum atomic E-state index is -0.712. The maximum atomic E-state index is 11.8. The van der Waals surface area contributed by atoms with Gasteiger partial charge < -0.3 is 5.32 Å². The molecule has 2 heterocycles. The zero-order chi connectivity index (χ0) is 12.3. The number of rotatable bonds is 2. The summed E-state index contributed by atoms with van der Waals surface area (Å²) in [4.78, 5) is 15.8. The second-order valence-electron chi connectivity index (χ2n) is 3.96. The van der Waals surface area contributed by atoms with Crippen LogP contribution < -0.4 is 5.32 Å². The SMILES string of the molecule is O=C(NC1CCS(=O)CC1)c1cc(Cl)ccn1. The van der Waals surface area contributed by atoms with Gasteiger partial charge in [-0.1, -0.05) is 11.6 Å². The molecule has 1 aromatic heterocycles. The third-order valence-corrected chi connectivity index (χ3v) is 4.29. The van der Waals surface area contributed by atoms with Gasteiger partial charge in [0, 0.05) is 39.6 Å². The van der Waals surface area contributed by atoms with Crippen LogP contribution in [-0.4, -0.2) is 32.6 Å². The van der Waals surface area contributed by atoms with Gasteiger partial charge in [0.05, 0.1) is 0 Å². The lowest BCUT2D eigenvalue weighted by Gasteiger charge is -2.22. The molecule has 0 aromatic carbocycles. The molecule has 17 heavy (non-hydrogen) atoms. The minimum Gasteiger partial charge on any atom is -0.348 e. The van der Waals surface area contributed by atoms with E-state index in [9.17, 15) is 9.00 Å². The first-order valence-electron chi connectivity index (χ1n) is 5.42. The van der Waals surface area contributed by atoms with Crippen molar-refractivity contribution in [3.8, 4) is 0 Å². The Hall–Kier alpha value is -0.940. The van der Waals surface area contributed by atoms with Gasteiger partial charge >= 0.3 is 0 Å². The molecule has 0 aliphatic carbocycles. The van der Waals surface area contributed by atoms with Crippen LogP contribution in [0, 0.1) is 0 Å². The average Bonchev–Trinajstić information content (AvgIpc) is 2.32. The Morgan fingerprint density at radius 3 is 2.82 bits per heavy atom. The second kappa shape index (κ2) is 5.60. The number of aromatic nitrogens is 1. The van der Waals surface area contributed by atoms with E-state index >= 15 is 0 Å². The molecule has 0 bridgehead atoms. The molecule has 1 fully saturated rings. The lowest BCUT2D eigenvalue weighted by molar-refractivity contribution is 0.0929. The van der Waals surface area contributed by atoms with Crippen molar-refractivity contribution in [2.24, 2.45) is 0 Å². The fraction of sp³-hybridized carbons (Fsp3) is 0.455. The molecule has 1 aromatic rings. The lowest BCUT2D eigenvalue weighted by atomic mass is 10.1. The molecular weight excluding hydrogens is 260 g/mol. The molecule has 2 rings (SSSR count). The number of nitrogens with zero attached hydrogens (tertiary/aromatic N) is 1. The van der Waals surface area contributed by atoms with Gasteiger partial charge in [0.15, 0.2) is 0 Å². The summed E-state index contributed by atoms with van der Waals surface area (Å²) in [6, 6.07) is 3.26. The number of nitrogens with one attached hydrogen (secondary N) is 1. The number of pyridine rings is 1. The summed E-state index contributed by atoms with van der Waals surface area (Å²) in [7, 11) is -0.712. The van der Waals surface area contributed by atoms with E-state index in [4.69, 9.17) is 11.6 Å². The first kappa shape index (κ1) is 12.5. The third kappa shape index (κ3) is 3.51. The normalized spacial score (nSPS) is 24.3. The van der Waals surface area contributed by atoms with Crippen molar-refractivity contribution >= 4 is 28.3 Å². The summed E-state index contributed by atoms with van der Waals surface area (Å²) in [5.74, 6) is 1.10. The van der Waals surface area contributed by atoms with E-state index in [1.807, 2.05) is 0 Å². The molecule has 4 nitrogen and oxygen atoms in total. The summed E-state index contributed by atoms with van der Waals surface area (Å²) >= 11 is 5.79. The second-order valence-corrected chi connectivity index (χ2v) is 6.09. The highest BCUT2D eigenvalue weighted by molar-refractivity contribution is 7.85. The monoisotopic (exact) mass is 272 g/mol. The number of halogens is 1. The number of hydrogen-bond acceptors (Lipinski definition) is 3. The summed E-state index contributed by atoms with van der Waals surface area (Å²) in [5.41, 5.74) is 0.323. The molecular formula is C11H13ClN2O2S. The number of carbonyl (C=O) groups is 1. The van der Waals surface area contributed by atoms with Gasteiger partial charge in [0.25, 0.3) is 5.91 Å². The van der Waals surface area contributed by atoms with Crippen LogP contribution in [0.2, 0.25) is 5.02 Å². The van der Waals surface area contributed by atoms with Gasteiger partial charge in [-0.25, -0.2) is 0 Å². The van der Waals surface area contributed by atoms with Crippen molar-refractivity contribution in [1.82, 2.24) is 10.3 Å².